The highest BCUT2D eigenvalue weighted by Gasteiger charge is 2.31. The van der Waals surface area contributed by atoms with Gasteiger partial charge in [-0.25, -0.2) is 9.97 Å². The number of rotatable bonds is 6. The van der Waals surface area contributed by atoms with Crippen molar-refractivity contribution in [1.29, 1.82) is 0 Å². The zero-order valence-corrected chi connectivity index (χ0v) is 15.4. The quantitative estimate of drug-likeness (QED) is 0.577. The summed E-state index contributed by atoms with van der Waals surface area (Å²) >= 11 is 1.29. The largest absolute Gasteiger partial charge is 0.417 e. The second-order valence-corrected chi connectivity index (χ2v) is 6.94. The molecule has 0 saturated heterocycles. The Morgan fingerprint density at radius 3 is 2.82 bits per heavy atom. The SMILES string of the molecule is C[C@H](O)CNC(=O)c1nc(NCc2cncc(C(F)(F)F)c2)nc2ccsc12. The number of aliphatic hydroxyl groups excluding tert-OH is 1. The van der Waals surface area contributed by atoms with E-state index < -0.39 is 23.8 Å². The number of aliphatic hydroxyl groups is 1. The van der Waals surface area contributed by atoms with Crippen molar-refractivity contribution in [3.05, 3.63) is 46.7 Å². The monoisotopic (exact) mass is 411 g/mol. The molecule has 3 aromatic rings. The summed E-state index contributed by atoms with van der Waals surface area (Å²) in [6, 6.07) is 2.70. The van der Waals surface area contributed by atoms with Crippen molar-refractivity contribution in [1.82, 2.24) is 20.3 Å². The molecule has 1 amide bonds. The molecular weight excluding hydrogens is 395 g/mol. The van der Waals surface area contributed by atoms with Crippen molar-refractivity contribution < 1.29 is 23.1 Å². The Hall–Kier alpha value is -2.79. The second kappa shape index (κ2) is 8.07. The highest BCUT2D eigenvalue weighted by atomic mass is 32.1. The molecule has 0 aliphatic heterocycles. The summed E-state index contributed by atoms with van der Waals surface area (Å²) in [5.41, 5.74) is 0.111. The van der Waals surface area contributed by atoms with Crippen molar-refractivity contribution in [2.75, 3.05) is 11.9 Å². The van der Waals surface area contributed by atoms with E-state index in [1.807, 2.05) is 0 Å². The van der Waals surface area contributed by atoms with Crippen LogP contribution in [0.5, 0.6) is 0 Å². The third-order valence-corrected chi connectivity index (χ3v) is 4.56. The molecule has 0 saturated carbocycles. The van der Waals surface area contributed by atoms with E-state index >= 15 is 0 Å². The predicted octanol–water partition coefficient (Wildman–Crippen LogP) is 2.83. The smallest absolute Gasteiger partial charge is 0.392 e. The third-order valence-electron chi connectivity index (χ3n) is 3.65. The van der Waals surface area contributed by atoms with E-state index in [2.05, 4.69) is 25.6 Å². The summed E-state index contributed by atoms with van der Waals surface area (Å²) in [5.74, 6) is -0.370. The lowest BCUT2D eigenvalue weighted by Crippen LogP contribution is -2.31. The molecule has 0 aliphatic carbocycles. The van der Waals surface area contributed by atoms with Gasteiger partial charge in [-0.3, -0.25) is 9.78 Å². The molecule has 0 fully saturated rings. The molecule has 148 valence electrons. The summed E-state index contributed by atoms with van der Waals surface area (Å²) in [7, 11) is 0. The van der Waals surface area contributed by atoms with Crippen molar-refractivity contribution in [3.63, 3.8) is 0 Å². The van der Waals surface area contributed by atoms with Gasteiger partial charge in [0.2, 0.25) is 5.95 Å². The first-order valence-corrected chi connectivity index (χ1v) is 9.08. The van der Waals surface area contributed by atoms with Crippen LogP contribution in [0.15, 0.2) is 29.9 Å². The van der Waals surface area contributed by atoms with E-state index in [9.17, 15) is 23.1 Å². The molecule has 3 aromatic heterocycles. The van der Waals surface area contributed by atoms with E-state index in [0.717, 1.165) is 12.3 Å². The highest BCUT2D eigenvalue weighted by Crippen LogP contribution is 2.29. The van der Waals surface area contributed by atoms with Gasteiger partial charge in [-0.15, -0.1) is 11.3 Å². The van der Waals surface area contributed by atoms with Crippen LogP contribution in [-0.2, 0) is 12.7 Å². The van der Waals surface area contributed by atoms with Gasteiger partial charge < -0.3 is 15.7 Å². The summed E-state index contributed by atoms with van der Waals surface area (Å²) < 4.78 is 39.0. The molecule has 0 aromatic carbocycles. The van der Waals surface area contributed by atoms with Crippen LogP contribution in [0, 0.1) is 0 Å². The lowest BCUT2D eigenvalue weighted by molar-refractivity contribution is -0.137. The van der Waals surface area contributed by atoms with E-state index in [-0.39, 0.29) is 24.7 Å². The first-order valence-electron chi connectivity index (χ1n) is 8.20. The van der Waals surface area contributed by atoms with Crippen molar-refractivity contribution in [3.8, 4) is 0 Å². The standard InChI is InChI=1S/C17H16F3N5O2S/c1-9(26)5-22-15(27)13-14-12(2-3-28-14)24-16(25-13)23-7-10-4-11(8-21-6-10)17(18,19)20/h2-4,6,8-9,26H,5,7H2,1H3,(H,22,27)(H,23,24,25)/t9-/m0/s1. The number of carbonyl (C=O) groups excluding carboxylic acids is 1. The van der Waals surface area contributed by atoms with E-state index in [4.69, 9.17) is 0 Å². The fourth-order valence-electron chi connectivity index (χ4n) is 2.34. The van der Waals surface area contributed by atoms with Gasteiger partial charge in [-0.1, -0.05) is 0 Å². The normalized spacial score (nSPS) is 12.8. The molecular formula is C17H16F3N5O2S. The Labute approximate surface area is 161 Å². The number of nitrogens with zero attached hydrogens (tertiary/aromatic N) is 3. The molecule has 0 spiro atoms. The number of nitrogens with one attached hydrogen (secondary N) is 2. The summed E-state index contributed by atoms with van der Waals surface area (Å²) in [4.78, 5) is 24.4. The molecule has 28 heavy (non-hydrogen) atoms. The fraction of sp³-hybridized carbons (Fsp3) is 0.294. The Morgan fingerprint density at radius 2 is 2.11 bits per heavy atom. The first kappa shape index (κ1) is 20.0. The molecule has 3 N–H and O–H groups in total. The van der Waals surface area contributed by atoms with E-state index in [1.54, 1.807) is 11.4 Å². The van der Waals surface area contributed by atoms with E-state index in [0.29, 0.717) is 15.8 Å². The zero-order chi connectivity index (χ0) is 20.3. The van der Waals surface area contributed by atoms with Crippen LogP contribution >= 0.6 is 11.3 Å². The van der Waals surface area contributed by atoms with E-state index in [1.165, 1.54) is 24.5 Å². The number of amides is 1. The Morgan fingerprint density at radius 1 is 1.32 bits per heavy atom. The molecule has 0 radical (unpaired) electrons. The molecule has 3 rings (SSSR count). The van der Waals surface area contributed by atoms with Crippen molar-refractivity contribution >= 4 is 33.4 Å². The van der Waals surface area contributed by atoms with Gasteiger partial charge in [0.15, 0.2) is 5.69 Å². The molecule has 1 atom stereocenters. The molecule has 0 bridgehead atoms. The maximum Gasteiger partial charge on any atom is 0.417 e. The topological polar surface area (TPSA) is 100 Å². The third kappa shape index (κ3) is 4.73. The molecule has 7 nitrogen and oxygen atoms in total. The van der Waals surface area contributed by atoms with Gasteiger partial charge in [-0.05, 0) is 30.0 Å². The van der Waals surface area contributed by atoms with Crippen LogP contribution in [0.4, 0.5) is 19.1 Å². The van der Waals surface area contributed by atoms with Crippen LogP contribution in [0.1, 0.15) is 28.5 Å². The number of fused-ring (bicyclic) bond motifs is 1. The summed E-state index contributed by atoms with van der Waals surface area (Å²) in [6.45, 7) is 1.60. The molecule has 3 heterocycles. The summed E-state index contributed by atoms with van der Waals surface area (Å²) in [5, 5.41) is 16.5. The average molecular weight is 411 g/mol. The second-order valence-electron chi connectivity index (χ2n) is 6.02. The van der Waals surface area contributed by atoms with Gasteiger partial charge >= 0.3 is 6.18 Å². The Balaban J connectivity index is 1.81. The van der Waals surface area contributed by atoms with Gasteiger partial charge in [0.05, 0.1) is 21.9 Å². The molecule has 11 heteroatoms. The number of aromatic nitrogens is 3. The van der Waals surface area contributed by atoms with Crippen molar-refractivity contribution in [2.45, 2.75) is 25.7 Å². The molecule has 0 aliphatic rings. The van der Waals surface area contributed by atoms with Crippen LogP contribution < -0.4 is 10.6 Å². The van der Waals surface area contributed by atoms with Crippen LogP contribution in [0.25, 0.3) is 10.2 Å². The van der Waals surface area contributed by atoms with Gasteiger partial charge in [0.25, 0.3) is 5.91 Å². The van der Waals surface area contributed by atoms with Crippen LogP contribution in [0.3, 0.4) is 0 Å². The minimum Gasteiger partial charge on any atom is -0.392 e. The predicted molar refractivity (Wildman–Crippen MR) is 98.0 cm³/mol. The maximum atomic E-state index is 12.8. The van der Waals surface area contributed by atoms with Crippen molar-refractivity contribution in [2.24, 2.45) is 0 Å². The first-order chi connectivity index (χ1) is 13.2. The maximum absolute atomic E-state index is 12.8. The van der Waals surface area contributed by atoms with Crippen LogP contribution in [0.2, 0.25) is 0 Å². The number of thiophene rings is 1. The van der Waals surface area contributed by atoms with Gasteiger partial charge in [-0.2, -0.15) is 13.2 Å². The number of carbonyl (C=O) groups is 1. The Bertz CT molecular complexity index is 990. The van der Waals surface area contributed by atoms with Crippen LogP contribution in [-0.4, -0.2) is 38.6 Å². The zero-order valence-electron chi connectivity index (χ0n) is 14.6. The fourth-order valence-corrected chi connectivity index (χ4v) is 3.16. The lowest BCUT2D eigenvalue weighted by atomic mass is 10.2. The average Bonchev–Trinajstić information content (AvgIpc) is 3.12. The van der Waals surface area contributed by atoms with Gasteiger partial charge in [0.1, 0.15) is 0 Å². The number of hydrogen-bond donors (Lipinski definition) is 3. The number of anilines is 1. The number of halogens is 3. The van der Waals surface area contributed by atoms with Gasteiger partial charge in [0, 0.05) is 25.5 Å². The minimum atomic E-state index is -4.48. The Kier molecular flexibility index (Phi) is 5.75. The number of alkyl halides is 3. The highest BCUT2D eigenvalue weighted by molar-refractivity contribution is 7.17. The molecule has 0 unspecified atom stereocenters. The number of pyridine rings is 1. The number of hydrogen-bond acceptors (Lipinski definition) is 7. The summed E-state index contributed by atoms with van der Waals surface area (Å²) in [6.07, 6.45) is -3.14. The lowest BCUT2D eigenvalue weighted by Gasteiger charge is -2.11. The minimum absolute atomic E-state index is 0.00129.